The summed E-state index contributed by atoms with van der Waals surface area (Å²) in [6.45, 7) is 1.60. The van der Waals surface area contributed by atoms with E-state index in [0.717, 1.165) is 0 Å². The maximum atomic E-state index is 9.37. The van der Waals surface area contributed by atoms with Crippen molar-refractivity contribution in [1.29, 1.82) is 0 Å². The first kappa shape index (κ1) is 13.0. The summed E-state index contributed by atoms with van der Waals surface area (Å²) in [5.74, 6) is -0.745. The first-order valence-corrected chi connectivity index (χ1v) is 5.56. The molecule has 88 valence electrons. The van der Waals surface area contributed by atoms with E-state index in [1.807, 2.05) is 12.1 Å². The Morgan fingerprint density at radius 1 is 0.882 bits per heavy atom. The monoisotopic (exact) mass is 228 g/mol. The van der Waals surface area contributed by atoms with Crippen LogP contribution in [0.5, 0.6) is 0 Å². The van der Waals surface area contributed by atoms with Crippen molar-refractivity contribution in [3.63, 3.8) is 0 Å². The number of carboxylic acid groups (broad SMARTS) is 1. The molecule has 2 aromatic rings. The predicted molar refractivity (Wildman–Crippen MR) is 69.8 cm³/mol. The molecule has 0 aromatic heterocycles. The summed E-state index contributed by atoms with van der Waals surface area (Å²) < 4.78 is 0. The third kappa shape index (κ3) is 4.98. The normalized spacial score (nSPS) is 9.00. The molecule has 2 aromatic carbocycles. The van der Waals surface area contributed by atoms with Gasteiger partial charge in [0, 0.05) is 6.42 Å². The van der Waals surface area contributed by atoms with E-state index in [-0.39, 0.29) is 6.42 Å². The molecule has 0 aliphatic carbocycles. The largest absolute Gasteiger partial charge is 0.481 e. The van der Waals surface area contributed by atoms with Gasteiger partial charge in [-0.15, -0.1) is 0 Å². The lowest BCUT2D eigenvalue weighted by Gasteiger charge is -1.98. The second-order valence-corrected chi connectivity index (χ2v) is 3.48. The first-order chi connectivity index (χ1) is 8.24. The number of rotatable bonds is 2. The molecular formula is C15H16O2. The third-order valence-corrected chi connectivity index (χ3v) is 2.18. The fourth-order valence-corrected chi connectivity index (χ4v) is 1.26. The average Bonchev–Trinajstić information content (AvgIpc) is 2.41. The van der Waals surface area contributed by atoms with Gasteiger partial charge in [-0.25, -0.2) is 0 Å². The van der Waals surface area contributed by atoms with Crippen molar-refractivity contribution in [2.24, 2.45) is 0 Å². The Bertz CT molecular complexity index is 397. The van der Waals surface area contributed by atoms with Crippen LogP contribution in [0.25, 0.3) is 11.1 Å². The lowest BCUT2D eigenvalue weighted by Crippen LogP contribution is -1.86. The second kappa shape index (κ2) is 7.23. The number of benzene rings is 2. The van der Waals surface area contributed by atoms with E-state index in [2.05, 4.69) is 48.5 Å². The summed E-state index contributed by atoms with van der Waals surface area (Å²) in [4.78, 5) is 9.37. The van der Waals surface area contributed by atoms with Gasteiger partial charge in [0.25, 0.3) is 0 Å². The molecule has 0 saturated heterocycles. The van der Waals surface area contributed by atoms with E-state index < -0.39 is 5.97 Å². The Balaban J connectivity index is 0.000000249. The highest BCUT2D eigenvalue weighted by Crippen LogP contribution is 2.17. The van der Waals surface area contributed by atoms with Gasteiger partial charge in [0.05, 0.1) is 0 Å². The molecule has 0 saturated carbocycles. The molecule has 0 fully saturated rings. The van der Waals surface area contributed by atoms with Gasteiger partial charge in [0.2, 0.25) is 0 Å². The molecule has 0 radical (unpaired) electrons. The van der Waals surface area contributed by atoms with Crippen molar-refractivity contribution in [3.8, 4) is 11.1 Å². The summed E-state index contributed by atoms with van der Waals surface area (Å²) in [6.07, 6.45) is 0.222. The standard InChI is InChI=1S/C12H10.C3H6O2/c1-3-7-11(8-4-1)12-9-5-2-6-10-12;1-2-3(4)5/h1-10H;2H2,1H3,(H,4,5). The number of hydrogen-bond donors (Lipinski definition) is 1. The van der Waals surface area contributed by atoms with Crippen molar-refractivity contribution in [3.05, 3.63) is 60.7 Å². The van der Waals surface area contributed by atoms with Crippen LogP contribution in [0.1, 0.15) is 13.3 Å². The molecule has 0 spiro atoms. The Hall–Kier alpha value is -2.09. The summed E-state index contributed by atoms with van der Waals surface area (Å²) in [5, 5.41) is 7.72. The molecule has 0 heterocycles. The molecule has 0 amide bonds. The molecule has 0 unspecified atom stereocenters. The van der Waals surface area contributed by atoms with Gasteiger partial charge in [0.15, 0.2) is 0 Å². The van der Waals surface area contributed by atoms with Crippen LogP contribution in [-0.2, 0) is 4.79 Å². The quantitative estimate of drug-likeness (QED) is 0.848. The second-order valence-electron chi connectivity index (χ2n) is 3.48. The van der Waals surface area contributed by atoms with Gasteiger partial charge >= 0.3 is 5.97 Å². The van der Waals surface area contributed by atoms with Gasteiger partial charge in [-0.1, -0.05) is 67.6 Å². The van der Waals surface area contributed by atoms with Gasteiger partial charge < -0.3 is 5.11 Å². The van der Waals surface area contributed by atoms with E-state index in [1.54, 1.807) is 6.92 Å². The molecule has 0 aliphatic rings. The summed E-state index contributed by atoms with van der Waals surface area (Å²) in [7, 11) is 0. The molecular weight excluding hydrogens is 212 g/mol. The summed E-state index contributed by atoms with van der Waals surface area (Å²) in [6, 6.07) is 20.8. The minimum absolute atomic E-state index is 0.222. The lowest BCUT2D eigenvalue weighted by molar-refractivity contribution is -0.136. The summed E-state index contributed by atoms with van der Waals surface area (Å²) in [5.41, 5.74) is 2.55. The van der Waals surface area contributed by atoms with E-state index in [9.17, 15) is 4.79 Å². The molecule has 0 bridgehead atoms. The van der Waals surface area contributed by atoms with E-state index in [1.165, 1.54) is 11.1 Å². The molecule has 2 nitrogen and oxygen atoms in total. The first-order valence-electron chi connectivity index (χ1n) is 5.56. The van der Waals surface area contributed by atoms with Crippen molar-refractivity contribution >= 4 is 5.97 Å². The Kier molecular flexibility index (Phi) is 5.52. The van der Waals surface area contributed by atoms with Crippen LogP contribution in [0.4, 0.5) is 0 Å². The zero-order valence-electron chi connectivity index (χ0n) is 9.84. The molecule has 0 aliphatic heterocycles. The van der Waals surface area contributed by atoms with E-state index >= 15 is 0 Å². The minimum Gasteiger partial charge on any atom is -0.481 e. The lowest BCUT2D eigenvalue weighted by atomic mass is 10.1. The van der Waals surface area contributed by atoms with Crippen molar-refractivity contribution in [2.75, 3.05) is 0 Å². The highest BCUT2D eigenvalue weighted by atomic mass is 16.4. The van der Waals surface area contributed by atoms with Crippen LogP contribution in [0, 0.1) is 0 Å². The van der Waals surface area contributed by atoms with Crippen LogP contribution in [0.3, 0.4) is 0 Å². The molecule has 0 atom stereocenters. The van der Waals surface area contributed by atoms with E-state index in [4.69, 9.17) is 5.11 Å². The highest BCUT2D eigenvalue weighted by Gasteiger charge is 1.91. The van der Waals surface area contributed by atoms with E-state index in [0.29, 0.717) is 0 Å². The number of hydrogen-bond acceptors (Lipinski definition) is 1. The molecule has 1 N–H and O–H groups in total. The number of carbonyl (C=O) groups is 1. The van der Waals surface area contributed by atoms with Gasteiger partial charge in [-0.05, 0) is 11.1 Å². The fraction of sp³-hybridized carbons (Fsp3) is 0.133. The SMILES string of the molecule is CCC(=O)O.c1ccc(-c2ccccc2)cc1. The van der Waals surface area contributed by atoms with Crippen molar-refractivity contribution in [2.45, 2.75) is 13.3 Å². The predicted octanol–water partition coefficient (Wildman–Crippen LogP) is 3.83. The minimum atomic E-state index is -0.745. The third-order valence-electron chi connectivity index (χ3n) is 2.18. The van der Waals surface area contributed by atoms with Gasteiger partial charge in [-0.2, -0.15) is 0 Å². The average molecular weight is 228 g/mol. The van der Waals surface area contributed by atoms with Crippen molar-refractivity contribution in [1.82, 2.24) is 0 Å². The molecule has 2 heteroatoms. The van der Waals surface area contributed by atoms with Crippen molar-refractivity contribution < 1.29 is 9.90 Å². The van der Waals surface area contributed by atoms with Gasteiger partial charge in [0.1, 0.15) is 0 Å². The van der Waals surface area contributed by atoms with Crippen LogP contribution in [-0.4, -0.2) is 11.1 Å². The van der Waals surface area contributed by atoms with Crippen LogP contribution in [0.2, 0.25) is 0 Å². The number of aliphatic carboxylic acids is 1. The maximum Gasteiger partial charge on any atom is 0.303 e. The zero-order chi connectivity index (χ0) is 12.5. The highest BCUT2D eigenvalue weighted by molar-refractivity contribution is 5.66. The fourth-order valence-electron chi connectivity index (χ4n) is 1.26. The molecule has 2 rings (SSSR count). The summed E-state index contributed by atoms with van der Waals surface area (Å²) >= 11 is 0. The topological polar surface area (TPSA) is 37.3 Å². The smallest absolute Gasteiger partial charge is 0.303 e. The Morgan fingerprint density at radius 2 is 1.18 bits per heavy atom. The maximum absolute atomic E-state index is 9.37. The van der Waals surface area contributed by atoms with Gasteiger partial charge in [-0.3, -0.25) is 4.79 Å². The van der Waals surface area contributed by atoms with Crippen LogP contribution >= 0.6 is 0 Å². The van der Waals surface area contributed by atoms with Crippen LogP contribution in [0.15, 0.2) is 60.7 Å². The zero-order valence-corrected chi connectivity index (χ0v) is 9.84. The Labute approximate surface area is 102 Å². The van der Waals surface area contributed by atoms with Crippen LogP contribution < -0.4 is 0 Å². The molecule has 17 heavy (non-hydrogen) atoms. The Morgan fingerprint density at radius 3 is 1.41 bits per heavy atom. The number of carboxylic acids is 1.